The maximum atomic E-state index is 12.0. The number of aromatic nitrogens is 3. The van der Waals surface area contributed by atoms with Gasteiger partial charge in [-0.25, -0.2) is 8.42 Å². The summed E-state index contributed by atoms with van der Waals surface area (Å²) in [5, 5.41) is 39.4. The van der Waals surface area contributed by atoms with Crippen LogP contribution in [0.1, 0.15) is 5.56 Å². The summed E-state index contributed by atoms with van der Waals surface area (Å²) in [6.45, 7) is 1.81. The minimum Gasteiger partial charge on any atom is -0.744 e. The molecule has 5 aromatic rings. The molecular formula is C26H18ClN7Na2O7S2. The van der Waals surface area contributed by atoms with Crippen LogP contribution < -0.4 is 75.0 Å². The van der Waals surface area contributed by atoms with E-state index in [-0.39, 0.29) is 103 Å². The summed E-state index contributed by atoms with van der Waals surface area (Å²) in [5.41, 5.74) is 1.68. The molecule has 0 fully saturated rings. The number of rotatable bonds is 10. The van der Waals surface area contributed by atoms with Gasteiger partial charge < -0.3 is 25.6 Å². The molecule has 0 radical (unpaired) electrons. The molecule has 0 unspecified atom stereocenters. The third kappa shape index (κ3) is 9.32. The van der Waals surface area contributed by atoms with E-state index in [1.165, 1.54) is 6.07 Å². The van der Waals surface area contributed by atoms with Crippen LogP contribution in [0.25, 0.3) is 10.8 Å². The number of azo groups is 1. The fourth-order valence-corrected chi connectivity index (χ4v) is 5.11. The zero-order valence-corrected chi connectivity index (χ0v) is 30.1. The predicted octanol–water partition coefficient (Wildman–Crippen LogP) is -0.262. The molecule has 0 aliphatic heterocycles. The number of fused-ring (bicyclic) bond motifs is 1. The summed E-state index contributed by atoms with van der Waals surface area (Å²) >= 11 is 6.51. The smallest absolute Gasteiger partial charge is 0.744 e. The molecule has 5 rings (SSSR count). The van der Waals surface area contributed by atoms with E-state index >= 15 is 0 Å². The molecule has 1 heterocycles. The second-order valence-electron chi connectivity index (χ2n) is 8.67. The van der Waals surface area contributed by atoms with Crippen LogP contribution >= 0.6 is 23.6 Å². The molecule has 0 atom stereocenters. The Morgan fingerprint density at radius 3 is 2.27 bits per heavy atom. The number of benzene rings is 4. The van der Waals surface area contributed by atoms with Gasteiger partial charge in [-0.3, -0.25) is 5.04 Å². The van der Waals surface area contributed by atoms with Crippen molar-refractivity contribution in [3.05, 3.63) is 83.6 Å². The van der Waals surface area contributed by atoms with E-state index in [1.54, 1.807) is 36.4 Å². The van der Waals surface area contributed by atoms with Crippen LogP contribution in [0.5, 0.6) is 5.75 Å². The van der Waals surface area contributed by atoms with Gasteiger partial charge in [0, 0.05) is 11.1 Å². The van der Waals surface area contributed by atoms with Gasteiger partial charge in [0.2, 0.25) is 17.2 Å². The van der Waals surface area contributed by atoms with E-state index in [0.29, 0.717) is 23.4 Å². The van der Waals surface area contributed by atoms with Crippen LogP contribution in [-0.4, -0.2) is 33.0 Å². The number of aromatic hydroxyl groups is 1. The summed E-state index contributed by atoms with van der Waals surface area (Å²) in [5.74, 6) is -0.604. The van der Waals surface area contributed by atoms with Crippen LogP contribution in [0.2, 0.25) is 5.28 Å². The van der Waals surface area contributed by atoms with Crippen molar-refractivity contribution in [3.8, 4) is 5.75 Å². The molecular weight excluding hydrogens is 668 g/mol. The molecule has 19 heteroatoms. The molecule has 0 saturated heterocycles. The Morgan fingerprint density at radius 1 is 0.933 bits per heavy atom. The number of hydrogen-bond acceptors (Lipinski definition) is 15. The molecule has 0 aliphatic rings. The summed E-state index contributed by atoms with van der Waals surface area (Å²) in [6, 6.07) is 19.4. The first-order valence-electron chi connectivity index (χ1n) is 12.0. The Hall–Kier alpha value is -2.42. The zero-order chi connectivity index (χ0) is 30.6. The molecule has 220 valence electrons. The molecule has 0 bridgehead atoms. The van der Waals surface area contributed by atoms with Crippen LogP contribution in [0.15, 0.2) is 92.8 Å². The van der Waals surface area contributed by atoms with Gasteiger partial charge in [0.1, 0.15) is 15.8 Å². The van der Waals surface area contributed by atoms with Gasteiger partial charge in [-0.05, 0) is 65.9 Å². The Labute approximate surface area is 310 Å². The second kappa shape index (κ2) is 16.4. The summed E-state index contributed by atoms with van der Waals surface area (Å²) < 4.78 is 40.6. The van der Waals surface area contributed by atoms with Gasteiger partial charge in [0.15, 0.2) is 5.75 Å². The van der Waals surface area contributed by atoms with E-state index < -0.39 is 20.8 Å². The number of para-hydroxylation sites is 1. The quantitative estimate of drug-likeness (QED) is 0.0433. The van der Waals surface area contributed by atoms with Crippen LogP contribution in [0, 0.1) is 6.92 Å². The first-order chi connectivity index (χ1) is 20.6. The van der Waals surface area contributed by atoms with Gasteiger partial charge in [-0.1, -0.05) is 36.4 Å². The Kier molecular flexibility index (Phi) is 13.5. The van der Waals surface area contributed by atoms with E-state index in [0.717, 1.165) is 17.7 Å². The third-order valence-electron chi connectivity index (χ3n) is 5.82. The number of hydrogen-bond donors (Lipinski definition) is 3. The van der Waals surface area contributed by atoms with Crippen LogP contribution in [-0.2, 0) is 19.5 Å². The first kappa shape index (κ1) is 37.0. The van der Waals surface area contributed by atoms with Gasteiger partial charge in [0.05, 0.1) is 33.2 Å². The zero-order valence-electron chi connectivity index (χ0n) is 23.8. The summed E-state index contributed by atoms with van der Waals surface area (Å²) in [7, 11) is -4.99. The van der Waals surface area contributed by atoms with E-state index in [1.807, 2.05) is 25.1 Å². The Balaban J connectivity index is 0.00000276. The first-order valence-corrected chi connectivity index (χ1v) is 14.6. The number of anilines is 4. The van der Waals surface area contributed by atoms with Crippen molar-refractivity contribution in [1.82, 2.24) is 15.0 Å². The molecule has 14 nitrogen and oxygen atoms in total. The maximum absolute atomic E-state index is 12.0. The molecule has 0 amide bonds. The fraction of sp³-hybridized carbons (Fsp3) is 0.0385. The molecule has 0 saturated carbocycles. The SMILES string of the molecule is Cc1ccccc1N=Nc1c(SOO[O-])cc2cc(S(=O)(=O)[O-])cc(Nc3nc(Cl)nc(Nc4ccccc4)n3)c2c1O.[Na+].[Na+]. The molecule has 3 N–H and O–H groups in total. The van der Waals surface area contributed by atoms with Gasteiger partial charge in [-0.15, -0.1) is 5.11 Å². The van der Waals surface area contributed by atoms with Gasteiger partial charge in [0.25, 0.3) is 0 Å². The largest absolute Gasteiger partial charge is 1.00 e. The van der Waals surface area contributed by atoms with Crippen molar-refractivity contribution in [3.63, 3.8) is 0 Å². The van der Waals surface area contributed by atoms with E-state index in [9.17, 15) is 23.3 Å². The number of nitrogens with zero attached hydrogens (tertiary/aromatic N) is 5. The number of halogens is 1. The molecule has 1 aromatic heterocycles. The second-order valence-corrected chi connectivity index (χ2v) is 11.1. The number of nitrogens with one attached hydrogen (secondary N) is 2. The van der Waals surface area contributed by atoms with Gasteiger partial charge >= 0.3 is 59.1 Å². The average Bonchev–Trinajstić information content (AvgIpc) is 2.96. The number of aryl methyl sites for hydroxylation is 1. The Bertz CT molecular complexity index is 1960. The monoisotopic (exact) mass is 685 g/mol. The van der Waals surface area contributed by atoms with Crippen molar-refractivity contribution in [2.75, 3.05) is 10.6 Å². The van der Waals surface area contributed by atoms with E-state index in [4.69, 9.17) is 11.6 Å². The van der Waals surface area contributed by atoms with Crippen molar-refractivity contribution in [2.45, 2.75) is 16.7 Å². The minimum atomic E-state index is -4.99. The topological polar surface area (TPSA) is 206 Å². The number of phenols is 1. The Morgan fingerprint density at radius 2 is 1.60 bits per heavy atom. The van der Waals surface area contributed by atoms with Crippen molar-refractivity contribution in [2.24, 2.45) is 10.2 Å². The minimum absolute atomic E-state index is 0. The van der Waals surface area contributed by atoms with Crippen LogP contribution in [0.3, 0.4) is 0 Å². The number of phenolic OH excluding ortho intramolecular Hbond substituents is 1. The molecule has 45 heavy (non-hydrogen) atoms. The van der Waals surface area contributed by atoms with Crippen molar-refractivity contribution in [1.29, 1.82) is 0 Å². The van der Waals surface area contributed by atoms with Crippen molar-refractivity contribution < 1.29 is 91.8 Å². The van der Waals surface area contributed by atoms with E-state index in [2.05, 4.69) is 45.2 Å². The third-order valence-corrected chi connectivity index (χ3v) is 7.42. The average molecular weight is 686 g/mol. The summed E-state index contributed by atoms with van der Waals surface area (Å²) in [4.78, 5) is 11.7. The van der Waals surface area contributed by atoms with Crippen LogP contribution in [0.4, 0.5) is 34.6 Å². The standard InChI is InChI=1S/C26H20ClN7O7S2.2Na/c1-14-7-5-6-10-18(14)33-34-22-20(42-41-40-36)12-15-11-17(43(37,38)39)13-19(21(15)23(22)35)29-26-31-24(27)30-25(32-26)28-16-8-3-2-4-9-16;;/h2-13,35-36H,1H3,(H,37,38,39)(H2,28,29,30,31,32);;/q;2*+1/p-2. The summed E-state index contributed by atoms with van der Waals surface area (Å²) in [6.07, 6.45) is 0. The van der Waals surface area contributed by atoms with Crippen molar-refractivity contribution >= 4 is 79.2 Å². The maximum Gasteiger partial charge on any atom is 1.00 e. The fourth-order valence-electron chi connectivity index (χ4n) is 3.93. The molecule has 0 spiro atoms. The van der Waals surface area contributed by atoms with Gasteiger partial charge in [-0.2, -0.15) is 24.4 Å². The predicted molar refractivity (Wildman–Crippen MR) is 155 cm³/mol. The molecule has 0 aliphatic carbocycles. The normalized spacial score (nSPS) is 11.2. The molecule has 4 aromatic carbocycles.